The Labute approximate surface area is 273 Å². The highest BCUT2D eigenvalue weighted by molar-refractivity contribution is 6.04. The normalized spacial score (nSPS) is 22.0. The third kappa shape index (κ3) is 6.04. The minimum atomic E-state index is -4.38. The topological polar surface area (TPSA) is 6.25 Å². The summed E-state index contributed by atoms with van der Waals surface area (Å²) in [6.45, 7) is 0. The summed E-state index contributed by atoms with van der Waals surface area (Å²) in [5.41, 5.74) is 3.31. The molecule has 0 aromatic heterocycles. The Hall–Kier alpha value is -3.81. The molecule has 2 aliphatic heterocycles. The van der Waals surface area contributed by atoms with E-state index in [0.717, 1.165) is 98.1 Å². The summed E-state index contributed by atoms with van der Waals surface area (Å²) in [4.78, 5) is 2.04. The first kappa shape index (κ1) is 33.1. The number of hydrogen-bond donors (Lipinski definition) is 0. The monoisotopic (exact) mass is 651 g/mol. The molecule has 0 radical (unpaired) electrons. The Bertz CT molecular complexity index is 1690. The SMILES string of the molecule is CN1/C(=C/C=C/C=C/C=C/C=C/C2=[N+](C)c3ccc(C(F)(F)F)cc3C23CCCCC3)C2(CCCCC2)c2cc(C(F)(F)F)ccc21. The van der Waals surface area contributed by atoms with Gasteiger partial charge in [-0.15, -0.1) is 0 Å². The standard InChI is InChI=1S/C39H41F6N2/c1-46-32-20-18-28(38(40,41)42)26-30(32)36(22-12-8-13-23-36)34(46)16-10-6-4-3-5-7-11-17-35-37(24-14-9-15-25-37)31-27-29(39(43,44)45)19-21-33(31)47(35)2/h3-7,10-11,16-21,26-27H,8-9,12-15,22-25H2,1-2H3/q+1. The van der Waals surface area contributed by atoms with Gasteiger partial charge in [-0.25, -0.2) is 0 Å². The number of fused-ring (bicyclic) bond motifs is 4. The summed E-state index contributed by atoms with van der Waals surface area (Å²) in [6.07, 6.45) is 18.2. The van der Waals surface area contributed by atoms with Gasteiger partial charge >= 0.3 is 12.4 Å². The maximum Gasteiger partial charge on any atom is 0.416 e. The van der Waals surface area contributed by atoms with E-state index in [-0.39, 0.29) is 0 Å². The second-order valence-electron chi connectivity index (χ2n) is 13.3. The molecule has 0 unspecified atom stereocenters. The van der Waals surface area contributed by atoms with Gasteiger partial charge in [-0.05, 0) is 67.7 Å². The lowest BCUT2D eigenvalue weighted by Gasteiger charge is -2.36. The van der Waals surface area contributed by atoms with Crippen LogP contribution in [0.3, 0.4) is 0 Å². The molecule has 2 nitrogen and oxygen atoms in total. The quantitative estimate of drug-likeness (QED) is 0.177. The fourth-order valence-corrected chi connectivity index (χ4v) is 8.47. The van der Waals surface area contributed by atoms with Crippen LogP contribution in [0.5, 0.6) is 0 Å². The average Bonchev–Trinajstić information content (AvgIpc) is 3.39. The van der Waals surface area contributed by atoms with E-state index in [1.807, 2.05) is 78.3 Å². The maximum absolute atomic E-state index is 13.6. The van der Waals surface area contributed by atoms with Crippen LogP contribution in [0.1, 0.15) is 86.5 Å². The minimum Gasteiger partial charge on any atom is -0.347 e. The molecule has 4 aliphatic rings. The van der Waals surface area contributed by atoms with Crippen molar-refractivity contribution in [1.82, 2.24) is 0 Å². The Morgan fingerprint density at radius 1 is 0.638 bits per heavy atom. The number of likely N-dealkylation sites (N-methyl/N-ethyl adjacent to an activating group) is 1. The lowest BCUT2D eigenvalue weighted by molar-refractivity contribution is -0.401. The fourth-order valence-electron chi connectivity index (χ4n) is 8.47. The molecule has 2 fully saturated rings. The summed E-state index contributed by atoms with van der Waals surface area (Å²) >= 11 is 0. The van der Waals surface area contributed by atoms with Crippen molar-refractivity contribution >= 4 is 17.1 Å². The van der Waals surface area contributed by atoms with Crippen LogP contribution in [-0.2, 0) is 23.2 Å². The van der Waals surface area contributed by atoms with Gasteiger partial charge in [-0.1, -0.05) is 81.1 Å². The zero-order chi connectivity index (χ0) is 33.5. The summed E-state index contributed by atoms with van der Waals surface area (Å²) in [6, 6.07) is 8.27. The van der Waals surface area contributed by atoms with E-state index in [4.69, 9.17) is 0 Å². The molecule has 47 heavy (non-hydrogen) atoms. The average molecular weight is 652 g/mol. The van der Waals surface area contributed by atoms with Gasteiger partial charge in [0.15, 0.2) is 5.71 Å². The van der Waals surface area contributed by atoms with Crippen molar-refractivity contribution in [2.24, 2.45) is 0 Å². The smallest absolute Gasteiger partial charge is 0.347 e. The van der Waals surface area contributed by atoms with Gasteiger partial charge in [0.05, 0.1) is 16.5 Å². The van der Waals surface area contributed by atoms with Gasteiger partial charge < -0.3 is 4.90 Å². The zero-order valence-corrected chi connectivity index (χ0v) is 26.9. The van der Waals surface area contributed by atoms with E-state index in [0.29, 0.717) is 0 Å². The molecule has 2 aromatic rings. The number of rotatable bonds is 5. The third-order valence-corrected chi connectivity index (χ3v) is 10.7. The first-order valence-electron chi connectivity index (χ1n) is 16.6. The summed E-state index contributed by atoms with van der Waals surface area (Å²) < 4.78 is 83.6. The molecular weight excluding hydrogens is 610 g/mol. The van der Waals surface area contributed by atoms with Crippen LogP contribution in [0.15, 0.2) is 96.8 Å². The first-order valence-corrected chi connectivity index (χ1v) is 16.6. The third-order valence-electron chi connectivity index (χ3n) is 10.7. The van der Waals surface area contributed by atoms with E-state index in [2.05, 4.69) is 0 Å². The van der Waals surface area contributed by atoms with Crippen molar-refractivity contribution in [3.63, 3.8) is 0 Å². The van der Waals surface area contributed by atoms with Crippen molar-refractivity contribution in [1.29, 1.82) is 0 Å². The van der Waals surface area contributed by atoms with Gasteiger partial charge in [0.2, 0.25) is 5.69 Å². The number of anilines is 1. The van der Waals surface area contributed by atoms with Crippen LogP contribution in [0.4, 0.5) is 37.7 Å². The molecule has 2 saturated carbocycles. The maximum atomic E-state index is 13.6. The van der Waals surface area contributed by atoms with E-state index < -0.39 is 34.3 Å². The fraction of sp³-hybridized carbons (Fsp3) is 0.410. The zero-order valence-electron chi connectivity index (χ0n) is 26.9. The highest BCUT2D eigenvalue weighted by Crippen LogP contribution is 2.56. The summed E-state index contributed by atoms with van der Waals surface area (Å²) in [5, 5.41) is 0. The Morgan fingerprint density at radius 2 is 1.15 bits per heavy atom. The molecule has 0 N–H and O–H groups in total. The van der Waals surface area contributed by atoms with E-state index >= 15 is 0 Å². The van der Waals surface area contributed by atoms with Gasteiger partial charge in [0, 0.05) is 41.6 Å². The highest BCUT2D eigenvalue weighted by atomic mass is 19.4. The lowest BCUT2D eigenvalue weighted by atomic mass is 9.67. The lowest BCUT2D eigenvalue weighted by Crippen LogP contribution is -2.36. The van der Waals surface area contributed by atoms with Crippen LogP contribution in [0, 0.1) is 0 Å². The number of allylic oxidation sites excluding steroid dienone is 10. The minimum absolute atomic E-state index is 0.406. The molecule has 0 amide bonds. The Kier molecular flexibility index (Phi) is 8.92. The van der Waals surface area contributed by atoms with Crippen LogP contribution in [0.25, 0.3) is 0 Å². The molecule has 0 atom stereocenters. The van der Waals surface area contributed by atoms with Crippen molar-refractivity contribution in [2.75, 3.05) is 19.0 Å². The molecule has 248 valence electrons. The Morgan fingerprint density at radius 3 is 1.74 bits per heavy atom. The molecule has 6 rings (SSSR count). The molecule has 8 heteroatoms. The predicted molar refractivity (Wildman–Crippen MR) is 176 cm³/mol. The molecular formula is C39H41F6N2+. The molecule has 2 aliphatic carbocycles. The van der Waals surface area contributed by atoms with Crippen LogP contribution >= 0.6 is 0 Å². The number of alkyl halides is 6. The number of benzene rings is 2. The van der Waals surface area contributed by atoms with E-state index in [1.165, 1.54) is 24.3 Å². The Balaban J connectivity index is 1.17. The number of hydrogen-bond acceptors (Lipinski definition) is 1. The van der Waals surface area contributed by atoms with Crippen molar-refractivity contribution < 1.29 is 30.9 Å². The van der Waals surface area contributed by atoms with Crippen LogP contribution in [0.2, 0.25) is 0 Å². The molecule has 2 aromatic carbocycles. The van der Waals surface area contributed by atoms with Crippen molar-refractivity contribution in [3.05, 3.63) is 119 Å². The second-order valence-corrected chi connectivity index (χ2v) is 13.3. The predicted octanol–water partition coefficient (Wildman–Crippen LogP) is 11.1. The second kappa shape index (κ2) is 12.7. The summed E-state index contributed by atoms with van der Waals surface area (Å²) in [7, 11) is 3.87. The van der Waals surface area contributed by atoms with Gasteiger partial charge in [0.1, 0.15) is 7.05 Å². The summed E-state index contributed by atoms with van der Waals surface area (Å²) in [5.74, 6) is 0. The molecule has 2 spiro atoms. The van der Waals surface area contributed by atoms with E-state index in [9.17, 15) is 26.3 Å². The van der Waals surface area contributed by atoms with Crippen LogP contribution < -0.4 is 4.90 Å². The first-order chi connectivity index (χ1) is 22.4. The van der Waals surface area contributed by atoms with Crippen LogP contribution in [-0.4, -0.2) is 24.4 Å². The van der Waals surface area contributed by atoms with Gasteiger partial charge in [-0.3, -0.25) is 0 Å². The number of halogens is 6. The number of nitrogens with zero attached hydrogens (tertiary/aromatic N) is 2. The molecule has 0 bridgehead atoms. The van der Waals surface area contributed by atoms with E-state index in [1.54, 1.807) is 12.1 Å². The highest BCUT2D eigenvalue weighted by Gasteiger charge is 2.51. The van der Waals surface area contributed by atoms with Gasteiger partial charge in [0.25, 0.3) is 0 Å². The van der Waals surface area contributed by atoms with Gasteiger partial charge in [-0.2, -0.15) is 30.9 Å². The largest absolute Gasteiger partial charge is 0.416 e. The van der Waals surface area contributed by atoms with Crippen molar-refractivity contribution in [3.8, 4) is 0 Å². The van der Waals surface area contributed by atoms with Crippen molar-refractivity contribution in [2.45, 2.75) is 87.4 Å². The molecule has 2 heterocycles. The molecule has 0 saturated heterocycles.